The first kappa shape index (κ1) is 14.7. The monoisotopic (exact) mass is 254 g/mol. The van der Waals surface area contributed by atoms with Crippen molar-refractivity contribution in [2.45, 2.75) is 46.3 Å². The molecular formula is C13H22N2O3. The van der Waals surface area contributed by atoms with Gasteiger partial charge in [-0.25, -0.2) is 4.79 Å². The van der Waals surface area contributed by atoms with Crippen LogP contribution < -0.4 is 0 Å². The molecule has 5 heteroatoms. The molecule has 5 nitrogen and oxygen atoms in total. The van der Waals surface area contributed by atoms with Crippen LogP contribution in [0.2, 0.25) is 0 Å². The van der Waals surface area contributed by atoms with Crippen molar-refractivity contribution in [3.63, 3.8) is 0 Å². The van der Waals surface area contributed by atoms with Crippen LogP contribution in [-0.4, -0.2) is 36.1 Å². The van der Waals surface area contributed by atoms with E-state index in [4.69, 9.17) is 9.47 Å². The van der Waals surface area contributed by atoms with Gasteiger partial charge in [-0.1, -0.05) is 13.8 Å². The van der Waals surface area contributed by atoms with Crippen LogP contribution >= 0.6 is 0 Å². The van der Waals surface area contributed by atoms with Crippen molar-refractivity contribution in [2.75, 3.05) is 14.2 Å². The SMILES string of the molecule is CC.COC(=O)c1nn2c(c1C)CC(OC)CC2. The minimum atomic E-state index is -0.367. The molecule has 0 amide bonds. The fraction of sp³-hybridized carbons (Fsp3) is 0.692. The Hall–Kier alpha value is -1.36. The van der Waals surface area contributed by atoms with Gasteiger partial charge in [0, 0.05) is 31.3 Å². The van der Waals surface area contributed by atoms with Crippen LogP contribution in [0.5, 0.6) is 0 Å². The maximum absolute atomic E-state index is 11.5. The third kappa shape index (κ3) is 2.72. The summed E-state index contributed by atoms with van der Waals surface area (Å²) >= 11 is 0. The van der Waals surface area contributed by atoms with Crippen molar-refractivity contribution >= 4 is 5.97 Å². The van der Waals surface area contributed by atoms with Gasteiger partial charge in [-0.15, -0.1) is 0 Å². The van der Waals surface area contributed by atoms with E-state index in [1.165, 1.54) is 7.11 Å². The Morgan fingerprint density at radius 3 is 2.61 bits per heavy atom. The Balaban J connectivity index is 0.000000771. The molecule has 1 unspecified atom stereocenters. The molecule has 0 N–H and O–H groups in total. The molecule has 0 aliphatic carbocycles. The first-order valence-corrected chi connectivity index (χ1v) is 6.34. The number of aryl methyl sites for hydroxylation is 1. The van der Waals surface area contributed by atoms with Gasteiger partial charge in [0.05, 0.1) is 13.2 Å². The molecule has 0 fully saturated rings. The molecule has 0 radical (unpaired) electrons. The average molecular weight is 254 g/mol. The summed E-state index contributed by atoms with van der Waals surface area (Å²) in [5.74, 6) is -0.367. The van der Waals surface area contributed by atoms with Gasteiger partial charge in [-0.2, -0.15) is 5.10 Å². The van der Waals surface area contributed by atoms with E-state index >= 15 is 0 Å². The largest absolute Gasteiger partial charge is 0.464 e. The highest BCUT2D eigenvalue weighted by Crippen LogP contribution is 2.22. The van der Waals surface area contributed by atoms with Crippen molar-refractivity contribution in [1.82, 2.24) is 9.78 Å². The Morgan fingerprint density at radius 2 is 2.06 bits per heavy atom. The van der Waals surface area contributed by atoms with Gasteiger partial charge in [-0.3, -0.25) is 4.68 Å². The number of nitrogens with zero attached hydrogens (tertiary/aromatic N) is 2. The number of aromatic nitrogens is 2. The second-order valence-corrected chi connectivity index (χ2v) is 3.99. The second-order valence-electron chi connectivity index (χ2n) is 3.99. The summed E-state index contributed by atoms with van der Waals surface area (Å²) in [4.78, 5) is 11.5. The minimum absolute atomic E-state index is 0.230. The number of carbonyl (C=O) groups is 1. The van der Waals surface area contributed by atoms with Crippen LogP contribution in [0.4, 0.5) is 0 Å². The van der Waals surface area contributed by atoms with Gasteiger partial charge >= 0.3 is 5.97 Å². The van der Waals surface area contributed by atoms with E-state index < -0.39 is 0 Å². The minimum Gasteiger partial charge on any atom is -0.464 e. The van der Waals surface area contributed by atoms with Crippen LogP contribution in [0, 0.1) is 6.92 Å². The Bertz CT molecular complexity index is 413. The van der Waals surface area contributed by atoms with Gasteiger partial charge < -0.3 is 9.47 Å². The zero-order valence-corrected chi connectivity index (χ0v) is 11.8. The van der Waals surface area contributed by atoms with Gasteiger partial charge in [0.15, 0.2) is 5.69 Å². The molecule has 0 spiro atoms. The summed E-state index contributed by atoms with van der Waals surface area (Å²) < 4.78 is 11.9. The standard InChI is InChI=1S/C11H16N2O3.C2H6/c1-7-9-6-8(15-2)4-5-13(9)12-10(7)11(14)16-3;1-2/h8H,4-6H2,1-3H3;1-2H3. The zero-order chi connectivity index (χ0) is 13.7. The van der Waals surface area contributed by atoms with Gasteiger partial charge in [0.2, 0.25) is 0 Å². The maximum Gasteiger partial charge on any atom is 0.358 e. The lowest BCUT2D eigenvalue weighted by Crippen LogP contribution is -2.25. The molecule has 1 aliphatic rings. The van der Waals surface area contributed by atoms with Crippen LogP contribution in [0.1, 0.15) is 42.0 Å². The Labute approximate surface area is 108 Å². The van der Waals surface area contributed by atoms with Crippen LogP contribution in [0.25, 0.3) is 0 Å². The molecule has 2 heterocycles. The lowest BCUT2D eigenvalue weighted by atomic mass is 10.0. The highest BCUT2D eigenvalue weighted by atomic mass is 16.5. The predicted octanol–water partition coefficient (Wildman–Crippen LogP) is 1.97. The van der Waals surface area contributed by atoms with E-state index in [1.54, 1.807) is 7.11 Å². The van der Waals surface area contributed by atoms with E-state index in [9.17, 15) is 4.79 Å². The van der Waals surface area contributed by atoms with Crippen molar-refractivity contribution < 1.29 is 14.3 Å². The molecule has 102 valence electrons. The van der Waals surface area contributed by atoms with Gasteiger partial charge in [-0.05, 0) is 13.3 Å². The smallest absolute Gasteiger partial charge is 0.358 e. The van der Waals surface area contributed by atoms with Gasteiger partial charge in [0.1, 0.15) is 0 Å². The zero-order valence-electron chi connectivity index (χ0n) is 11.8. The fourth-order valence-corrected chi connectivity index (χ4v) is 2.11. The van der Waals surface area contributed by atoms with Gasteiger partial charge in [0.25, 0.3) is 0 Å². The second kappa shape index (κ2) is 6.54. The third-order valence-electron chi connectivity index (χ3n) is 3.12. The molecule has 0 saturated heterocycles. The van der Waals surface area contributed by atoms with Crippen molar-refractivity contribution in [2.24, 2.45) is 0 Å². The molecule has 18 heavy (non-hydrogen) atoms. The topological polar surface area (TPSA) is 53.3 Å². The average Bonchev–Trinajstić information content (AvgIpc) is 2.77. The molecule has 2 rings (SSSR count). The number of ether oxygens (including phenoxy) is 2. The lowest BCUT2D eigenvalue weighted by molar-refractivity contribution is 0.0591. The van der Waals surface area contributed by atoms with Crippen molar-refractivity contribution in [3.8, 4) is 0 Å². The number of fused-ring (bicyclic) bond motifs is 1. The molecule has 1 atom stereocenters. The highest BCUT2D eigenvalue weighted by molar-refractivity contribution is 5.89. The molecular weight excluding hydrogens is 232 g/mol. The molecule has 1 aliphatic heterocycles. The molecule has 1 aromatic rings. The molecule has 0 saturated carbocycles. The Kier molecular flexibility index (Phi) is 5.34. The summed E-state index contributed by atoms with van der Waals surface area (Å²) in [5.41, 5.74) is 2.42. The van der Waals surface area contributed by atoms with Crippen molar-refractivity contribution in [3.05, 3.63) is 17.0 Å². The summed E-state index contributed by atoms with van der Waals surface area (Å²) in [5, 5.41) is 4.28. The fourth-order valence-electron chi connectivity index (χ4n) is 2.11. The molecule has 1 aromatic heterocycles. The van der Waals surface area contributed by atoms with Crippen molar-refractivity contribution in [1.29, 1.82) is 0 Å². The normalized spacial score (nSPS) is 17.5. The first-order valence-electron chi connectivity index (χ1n) is 6.34. The summed E-state index contributed by atoms with van der Waals surface area (Å²) in [7, 11) is 3.09. The van der Waals surface area contributed by atoms with Crippen LogP contribution in [-0.2, 0) is 22.4 Å². The number of rotatable bonds is 2. The summed E-state index contributed by atoms with van der Waals surface area (Å²) in [6.45, 7) is 6.70. The summed E-state index contributed by atoms with van der Waals surface area (Å²) in [6.07, 6.45) is 1.98. The molecule has 0 aromatic carbocycles. The third-order valence-corrected chi connectivity index (χ3v) is 3.12. The summed E-state index contributed by atoms with van der Waals surface area (Å²) in [6, 6.07) is 0. The quantitative estimate of drug-likeness (QED) is 0.757. The predicted molar refractivity (Wildman–Crippen MR) is 68.8 cm³/mol. The van der Waals surface area contributed by atoms with Crippen LogP contribution in [0.15, 0.2) is 0 Å². The number of methoxy groups -OCH3 is 2. The maximum atomic E-state index is 11.5. The number of hydrogen-bond acceptors (Lipinski definition) is 4. The molecule has 0 bridgehead atoms. The number of hydrogen-bond donors (Lipinski definition) is 0. The number of esters is 1. The Morgan fingerprint density at radius 1 is 1.39 bits per heavy atom. The van der Waals surface area contributed by atoms with E-state index in [0.29, 0.717) is 5.69 Å². The lowest BCUT2D eigenvalue weighted by Gasteiger charge is -2.22. The van der Waals surface area contributed by atoms with E-state index in [-0.39, 0.29) is 12.1 Å². The first-order chi connectivity index (χ1) is 8.67. The van der Waals surface area contributed by atoms with Crippen LogP contribution in [0.3, 0.4) is 0 Å². The van der Waals surface area contributed by atoms with E-state index in [2.05, 4.69) is 5.10 Å². The van der Waals surface area contributed by atoms with E-state index in [0.717, 1.165) is 30.6 Å². The van der Waals surface area contributed by atoms with E-state index in [1.807, 2.05) is 25.5 Å². The highest BCUT2D eigenvalue weighted by Gasteiger charge is 2.26. The number of carbonyl (C=O) groups excluding carboxylic acids is 1.